The predicted octanol–water partition coefficient (Wildman–Crippen LogP) is 4.14. The molecule has 0 radical (unpaired) electrons. The lowest BCUT2D eigenvalue weighted by atomic mass is 9.96. The van der Waals surface area contributed by atoms with Crippen molar-refractivity contribution in [3.05, 3.63) is 36.2 Å². The van der Waals surface area contributed by atoms with Crippen LogP contribution in [-0.2, 0) is 4.74 Å². The number of hydrogen-bond acceptors (Lipinski definition) is 8. The van der Waals surface area contributed by atoms with Gasteiger partial charge in [-0.2, -0.15) is 10.1 Å². The van der Waals surface area contributed by atoms with E-state index in [2.05, 4.69) is 36.8 Å². The van der Waals surface area contributed by atoms with Crippen LogP contribution in [0.15, 0.2) is 34.9 Å². The smallest absolute Gasteiger partial charge is 0.229 e. The van der Waals surface area contributed by atoms with E-state index in [-0.39, 0.29) is 0 Å². The van der Waals surface area contributed by atoms with Gasteiger partial charge in [-0.05, 0) is 63.3 Å². The second-order valence-electron chi connectivity index (χ2n) is 9.44. The van der Waals surface area contributed by atoms with Gasteiger partial charge in [0.05, 0.1) is 11.8 Å². The van der Waals surface area contributed by atoms with Crippen LogP contribution in [0.25, 0.3) is 22.0 Å². The van der Waals surface area contributed by atoms with Gasteiger partial charge in [-0.3, -0.25) is 5.10 Å². The first-order chi connectivity index (χ1) is 16.7. The van der Waals surface area contributed by atoms with Gasteiger partial charge in [0.1, 0.15) is 5.52 Å². The van der Waals surface area contributed by atoms with Crippen LogP contribution in [0.2, 0.25) is 0 Å². The van der Waals surface area contributed by atoms with E-state index >= 15 is 0 Å². The third-order valence-corrected chi connectivity index (χ3v) is 7.12. The summed E-state index contributed by atoms with van der Waals surface area (Å²) in [6.45, 7) is 6.80. The molecular formula is C25H31N7O2. The Hall–Kier alpha value is -3.17. The van der Waals surface area contributed by atoms with Crippen molar-refractivity contribution in [1.29, 1.82) is 0 Å². The number of nitrogens with zero attached hydrogens (tertiary/aromatic N) is 4. The molecule has 0 unspecified atom stereocenters. The minimum atomic E-state index is 0.568. The molecule has 0 spiro atoms. The molecule has 0 aliphatic carbocycles. The highest BCUT2D eigenvalue weighted by Gasteiger charge is 2.25. The number of aromatic amines is 1. The quantitative estimate of drug-likeness (QED) is 0.394. The minimum Gasteiger partial charge on any atom is -0.459 e. The van der Waals surface area contributed by atoms with E-state index in [0.717, 1.165) is 97.7 Å². The Balaban J connectivity index is 1.16. The van der Waals surface area contributed by atoms with Crippen molar-refractivity contribution in [2.75, 3.05) is 43.1 Å². The van der Waals surface area contributed by atoms with Gasteiger partial charge in [-0.25, -0.2) is 4.98 Å². The molecular weight excluding hydrogens is 430 g/mol. The standard InChI is InChI=1S/C25H31N7O2/c1-16-20-3-2-19(14-22(20)31-30-16)27-25-28-21-8-13-34-23(21)24(29-25)32-9-4-17(5-10-32)15-26-18-6-11-33-12-7-18/h2-3,8,13-14,17-18,26H,4-7,9-12,15H2,1H3,(H,30,31)(H,27,28,29). The largest absolute Gasteiger partial charge is 0.459 e. The number of hydrogen-bond donors (Lipinski definition) is 3. The molecule has 2 aliphatic heterocycles. The molecule has 2 fully saturated rings. The molecule has 3 aromatic heterocycles. The van der Waals surface area contributed by atoms with E-state index < -0.39 is 0 Å². The second-order valence-corrected chi connectivity index (χ2v) is 9.44. The summed E-state index contributed by atoms with van der Waals surface area (Å²) in [6.07, 6.45) is 6.22. The maximum Gasteiger partial charge on any atom is 0.229 e. The van der Waals surface area contributed by atoms with Gasteiger partial charge in [0, 0.05) is 55.2 Å². The number of aryl methyl sites for hydroxylation is 1. The van der Waals surface area contributed by atoms with Gasteiger partial charge in [0.2, 0.25) is 5.95 Å². The Morgan fingerprint density at radius 1 is 1.06 bits per heavy atom. The first kappa shape index (κ1) is 21.4. The van der Waals surface area contributed by atoms with Crippen molar-refractivity contribution in [2.45, 2.75) is 38.6 Å². The number of benzene rings is 1. The average molecular weight is 462 g/mol. The summed E-state index contributed by atoms with van der Waals surface area (Å²) in [6, 6.07) is 8.61. The summed E-state index contributed by atoms with van der Waals surface area (Å²) in [5.41, 5.74) is 4.45. The zero-order valence-electron chi connectivity index (χ0n) is 19.5. The van der Waals surface area contributed by atoms with Crippen LogP contribution < -0.4 is 15.5 Å². The van der Waals surface area contributed by atoms with Crippen molar-refractivity contribution in [3.8, 4) is 0 Å². The highest BCUT2D eigenvalue weighted by molar-refractivity contribution is 5.87. The summed E-state index contributed by atoms with van der Waals surface area (Å²) >= 11 is 0. The first-order valence-electron chi connectivity index (χ1n) is 12.3. The van der Waals surface area contributed by atoms with E-state index in [9.17, 15) is 0 Å². The summed E-state index contributed by atoms with van der Waals surface area (Å²) < 4.78 is 11.3. The van der Waals surface area contributed by atoms with Crippen LogP contribution in [0.1, 0.15) is 31.4 Å². The number of furan rings is 1. The Kier molecular flexibility index (Phi) is 5.80. The molecule has 9 nitrogen and oxygen atoms in total. The third-order valence-electron chi connectivity index (χ3n) is 7.12. The van der Waals surface area contributed by atoms with Crippen molar-refractivity contribution in [3.63, 3.8) is 0 Å². The number of piperidine rings is 1. The van der Waals surface area contributed by atoms with Gasteiger partial charge in [-0.1, -0.05) is 0 Å². The van der Waals surface area contributed by atoms with Crippen LogP contribution in [0, 0.1) is 12.8 Å². The normalized spacial score (nSPS) is 18.2. The summed E-state index contributed by atoms with van der Waals surface area (Å²) in [5, 5.41) is 15.6. The Morgan fingerprint density at radius 2 is 1.91 bits per heavy atom. The summed E-state index contributed by atoms with van der Waals surface area (Å²) in [5.74, 6) is 2.12. The molecule has 34 heavy (non-hydrogen) atoms. The molecule has 0 amide bonds. The zero-order valence-corrected chi connectivity index (χ0v) is 19.5. The van der Waals surface area contributed by atoms with Gasteiger partial charge < -0.3 is 24.7 Å². The van der Waals surface area contributed by atoms with Crippen LogP contribution >= 0.6 is 0 Å². The summed E-state index contributed by atoms with van der Waals surface area (Å²) in [4.78, 5) is 11.9. The van der Waals surface area contributed by atoms with E-state index in [0.29, 0.717) is 17.9 Å². The maximum absolute atomic E-state index is 5.79. The minimum absolute atomic E-state index is 0.568. The molecule has 9 heteroatoms. The number of anilines is 3. The molecule has 6 rings (SSSR count). The van der Waals surface area contributed by atoms with E-state index in [1.54, 1.807) is 6.26 Å². The first-order valence-corrected chi connectivity index (χ1v) is 12.3. The van der Waals surface area contributed by atoms with Crippen molar-refractivity contribution < 1.29 is 9.15 Å². The number of rotatable bonds is 6. The fourth-order valence-electron chi connectivity index (χ4n) is 5.05. The molecule has 0 atom stereocenters. The van der Waals surface area contributed by atoms with Gasteiger partial charge in [0.15, 0.2) is 11.4 Å². The lowest BCUT2D eigenvalue weighted by molar-refractivity contribution is 0.0765. The SMILES string of the molecule is Cc1[nH]nc2cc(Nc3nc(N4CCC(CNC5CCOCC5)CC4)c4occc4n3)ccc12. The molecule has 0 saturated carbocycles. The predicted molar refractivity (Wildman–Crippen MR) is 133 cm³/mol. The van der Waals surface area contributed by atoms with E-state index in [1.165, 1.54) is 0 Å². The molecule has 2 saturated heterocycles. The highest BCUT2D eigenvalue weighted by Crippen LogP contribution is 2.31. The summed E-state index contributed by atoms with van der Waals surface area (Å²) in [7, 11) is 0. The van der Waals surface area contributed by atoms with Gasteiger partial charge in [-0.15, -0.1) is 0 Å². The Labute approximate surface area is 198 Å². The number of fused-ring (bicyclic) bond motifs is 2. The van der Waals surface area contributed by atoms with Gasteiger partial charge >= 0.3 is 0 Å². The molecule has 4 aromatic rings. The fraction of sp³-hybridized carbons (Fsp3) is 0.480. The Bertz CT molecular complexity index is 1270. The van der Waals surface area contributed by atoms with E-state index in [1.807, 2.05) is 25.1 Å². The molecule has 5 heterocycles. The fourth-order valence-corrected chi connectivity index (χ4v) is 5.05. The van der Waals surface area contributed by atoms with Crippen molar-refractivity contribution >= 4 is 39.5 Å². The van der Waals surface area contributed by atoms with Crippen LogP contribution in [-0.4, -0.2) is 59.1 Å². The number of ether oxygens (including phenoxy) is 1. The monoisotopic (exact) mass is 461 g/mol. The molecule has 0 bridgehead atoms. The average Bonchev–Trinajstić information content (AvgIpc) is 3.50. The lowest BCUT2D eigenvalue weighted by Gasteiger charge is -2.34. The second kappa shape index (κ2) is 9.23. The molecule has 178 valence electrons. The Morgan fingerprint density at radius 3 is 2.76 bits per heavy atom. The molecule has 2 aliphatic rings. The lowest BCUT2D eigenvalue weighted by Crippen LogP contribution is -2.42. The van der Waals surface area contributed by atoms with E-state index in [4.69, 9.17) is 14.1 Å². The zero-order chi connectivity index (χ0) is 22.9. The topological polar surface area (TPSA) is 104 Å². The van der Waals surface area contributed by atoms with Crippen LogP contribution in [0.5, 0.6) is 0 Å². The van der Waals surface area contributed by atoms with Crippen molar-refractivity contribution in [1.82, 2.24) is 25.5 Å². The number of H-pyrrole nitrogens is 1. The van der Waals surface area contributed by atoms with Crippen molar-refractivity contribution in [2.24, 2.45) is 5.92 Å². The number of nitrogens with one attached hydrogen (secondary N) is 3. The van der Waals surface area contributed by atoms with Crippen LogP contribution in [0.3, 0.4) is 0 Å². The number of aromatic nitrogens is 4. The molecule has 1 aromatic carbocycles. The maximum atomic E-state index is 5.79. The van der Waals surface area contributed by atoms with Gasteiger partial charge in [0.25, 0.3) is 0 Å². The highest BCUT2D eigenvalue weighted by atomic mass is 16.5. The molecule has 3 N–H and O–H groups in total. The third kappa shape index (κ3) is 4.33. The van der Waals surface area contributed by atoms with Crippen LogP contribution in [0.4, 0.5) is 17.5 Å².